The molecule has 0 atom stereocenters. The van der Waals surface area contributed by atoms with Gasteiger partial charge < -0.3 is 4.74 Å². The Morgan fingerprint density at radius 3 is 2.67 bits per heavy atom. The van der Waals surface area contributed by atoms with Crippen LogP contribution < -0.4 is 0 Å². The highest BCUT2D eigenvalue weighted by atomic mass is 79.9. The van der Waals surface area contributed by atoms with Gasteiger partial charge in [-0.15, -0.1) is 0 Å². The molecule has 0 aliphatic rings. The molecule has 18 heavy (non-hydrogen) atoms. The second-order valence-corrected chi connectivity index (χ2v) is 5.40. The van der Waals surface area contributed by atoms with Gasteiger partial charge in [-0.25, -0.2) is 9.18 Å². The third kappa shape index (κ3) is 5.00. The molecule has 0 fully saturated rings. The highest BCUT2D eigenvalue weighted by Crippen LogP contribution is 2.16. The minimum absolute atomic E-state index is 0.330. The van der Waals surface area contributed by atoms with E-state index < -0.39 is 11.6 Å². The molecular formula is C14H16BrFO2. The van der Waals surface area contributed by atoms with E-state index >= 15 is 0 Å². The van der Waals surface area contributed by atoms with E-state index in [9.17, 15) is 9.18 Å². The summed E-state index contributed by atoms with van der Waals surface area (Å²) >= 11 is 3.32. The Morgan fingerprint density at radius 1 is 1.44 bits per heavy atom. The van der Waals surface area contributed by atoms with Gasteiger partial charge in [-0.05, 0) is 50.1 Å². The topological polar surface area (TPSA) is 26.3 Å². The fourth-order valence-corrected chi connectivity index (χ4v) is 1.85. The quantitative estimate of drug-likeness (QED) is 0.477. The van der Waals surface area contributed by atoms with Crippen molar-refractivity contribution in [1.29, 1.82) is 0 Å². The normalized spacial score (nSPS) is 11.8. The molecule has 0 heterocycles. The molecule has 4 heteroatoms. The molecule has 0 radical (unpaired) electrons. The number of esters is 1. The van der Waals surface area contributed by atoms with Crippen molar-refractivity contribution in [2.24, 2.45) is 0 Å². The van der Waals surface area contributed by atoms with E-state index in [1.54, 1.807) is 32.9 Å². The molecule has 1 rings (SSSR count). The first-order chi connectivity index (χ1) is 8.31. The molecule has 0 saturated heterocycles. The molecule has 0 saturated carbocycles. The number of halogens is 2. The highest BCUT2D eigenvalue weighted by molar-refractivity contribution is 9.08. The molecule has 0 spiro atoms. The number of alkyl halides is 1. The Bertz CT molecular complexity index is 461. The molecule has 1 aromatic carbocycles. The van der Waals surface area contributed by atoms with Crippen molar-refractivity contribution in [2.75, 3.05) is 0 Å². The average molecular weight is 315 g/mol. The molecule has 0 unspecified atom stereocenters. The molecule has 98 valence electrons. The van der Waals surface area contributed by atoms with Crippen LogP contribution >= 0.6 is 15.9 Å². The Kier molecular flexibility index (Phi) is 5.08. The summed E-state index contributed by atoms with van der Waals surface area (Å²) in [5, 5.41) is 0.598. The Morgan fingerprint density at radius 2 is 2.11 bits per heavy atom. The summed E-state index contributed by atoms with van der Waals surface area (Å²) in [5.41, 5.74) is 1.05. The van der Waals surface area contributed by atoms with E-state index in [0.717, 1.165) is 5.56 Å². The lowest BCUT2D eigenvalue weighted by Gasteiger charge is -2.17. The second kappa shape index (κ2) is 6.14. The predicted molar refractivity (Wildman–Crippen MR) is 73.9 cm³/mol. The Balaban J connectivity index is 2.84. The van der Waals surface area contributed by atoms with Crippen LogP contribution in [0, 0.1) is 5.82 Å². The molecular weight excluding hydrogens is 299 g/mol. The maximum Gasteiger partial charge on any atom is 0.331 e. The SMILES string of the molecule is CC(C)(C)OC(=O)/C=C/c1cc(F)ccc1CBr. The lowest BCUT2D eigenvalue weighted by molar-refractivity contribution is -0.148. The van der Waals surface area contributed by atoms with Crippen molar-refractivity contribution < 1.29 is 13.9 Å². The summed E-state index contributed by atoms with van der Waals surface area (Å²) in [5.74, 6) is -0.768. The minimum atomic E-state index is -0.526. The van der Waals surface area contributed by atoms with Crippen LogP contribution in [0.2, 0.25) is 0 Å². The van der Waals surface area contributed by atoms with Crippen LogP contribution in [0.1, 0.15) is 31.9 Å². The van der Waals surface area contributed by atoms with Gasteiger partial charge in [0.15, 0.2) is 0 Å². The molecule has 0 aliphatic heterocycles. The highest BCUT2D eigenvalue weighted by Gasteiger charge is 2.14. The largest absolute Gasteiger partial charge is 0.457 e. The van der Waals surface area contributed by atoms with Gasteiger partial charge in [0, 0.05) is 11.4 Å². The van der Waals surface area contributed by atoms with Crippen molar-refractivity contribution in [3.05, 3.63) is 41.2 Å². The van der Waals surface area contributed by atoms with Gasteiger partial charge in [-0.3, -0.25) is 0 Å². The first kappa shape index (κ1) is 14.9. The van der Waals surface area contributed by atoms with Gasteiger partial charge in [0.05, 0.1) is 0 Å². The number of hydrogen-bond acceptors (Lipinski definition) is 2. The Labute approximate surface area is 115 Å². The fraction of sp³-hybridized carbons (Fsp3) is 0.357. The van der Waals surface area contributed by atoms with E-state index in [-0.39, 0.29) is 5.82 Å². The number of carbonyl (C=O) groups excluding carboxylic acids is 1. The maximum atomic E-state index is 13.1. The third-order valence-electron chi connectivity index (χ3n) is 2.06. The van der Waals surface area contributed by atoms with Crippen molar-refractivity contribution >= 4 is 28.0 Å². The van der Waals surface area contributed by atoms with Crippen molar-refractivity contribution in [3.63, 3.8) is 0 Å². The number of carbonyl (C=O) groups is 1. The van der Waals surface area contributed by atoms with Crippen LogP contribution in [-0.2, 0) is 14.9 Å². The predicted octanol–water partition coefficient (Wildman–Crippen LogP) is 4.08. The van der Waals surface area contributed by atoms with Crippen LogP contribution in [0.5, 0.6) is 0 Å². The molecule has 0 N–H and O–H groups in total. The smallest absolute Gasteiger partial charge is 0.331 e. The van der Waals surface area contributed by atoms with E-state index in [1.165, 1.54) is 18.2 Å². The third-order valence-corrected chi connectivity index (χ3v) is 2.66. The van der Waals surface area contributed by atoms with Crippen LogP contribution in [0.3, 0.4) is 0 Å². The molecule has 0 amide bonds. The molecule has 0 aliphatic carbocycles. The van der Waals surface area contributed by atoms with E-state index in [1.807, 2.05) is 0 Å². The van der Waals surface area contributed by atoms with Crippen LogP contribution in [0.4, 0.5) is 4.39 Å². The average Bonchev–Trinajstić information content (AvgIpc) is 2.24. The molecule has 1 aromatic rings. The van der Waals surface area contributed by atoms with E-state index in [2.05, 4.69) is 15.9 Å². The number of hydrogen-bond donors (Lipinski definition) is 0. The summed E-state index contributed by atoms with van der Waals surface area (Å²) in [6.07, 6.45) is 2.87. The number of rotatable bonds is 3. The van der Waals surface area contributed by atoms with Gasteiger partial charge in [-0.1, -0.05) is 22.0 Å². The van der Waals surface area contributed by atoms with Crippen LogP contribution in [0.25, 0.3) is 6.08 Å². The minimum Gasteiger partial charge on any atom is -0.457 e. The lowest BCUT2D eigenvalue weighted by atomic mass is 10.1. The van der Waals surface area contributed by atoms with E-state index in [4.69, 9.17) is 4.74 Å². The fourth-order valence-electron chi connectivity index (χ4n) is 1.34. The summed E-state index contributed by atoms with van der Waals surface area (Å²) in [7, 11) is 0. The summed E-state index contributed by atoms with van der Waals surface area (Å²) < 4.78 is 18.2. The first-order valence-electron chi connectivity index (χ1n) is 5.57. The van der Waals surface area contributed by atoms with Gasteiger partial charge in [-0.2, -0.15) is 0 Å². The molecule has 0 bridgehead atoms. The van der Waals surface area contributed by atoms with Crippen LogP contribution in [-0.4, -0.2) is 11.6 Å². The summed E-state index contributed by atoms with van der Waals surface area (Å²) in [6.45, 7) is 5.39. The zero-order chi connectivity index (χ0) is 13.8. The zero-order valence-electron chi connectivity index (χ0n) is 10.7. The summed E-state index contributed by atoms with van der Waals surface area (Å²) in [6, 6.07) is 4.46. The number of ether oxygens (including phenoxy) is 1. The van der Waals surface area contributed by atoms with Gasteiger partial charge in [0.2, 0.25) is 0 Å². The van der Waals surface area contributed by atoms with Crippen LogP contribution in [0.15, 0.2) is 24.3 Å². The zero-order valence-corrected chi connectivity index (χ0v) is 12.3. The van der Waals surface area contributed by atoms with Crippen molar-refractivity contribution in [2.45, 2.75) is 31.7 Å². The van der Waals surface area contributed by atoms with Crippen molar-refractivity contribution in [1.82, 2.24) is 0 Å². The number of benzene rings is 1. The first-order valence-corrected chi connectivity index (χ1v) is 6.69. The van der Waals surface area contributed by atoms with Crippen molar-refractivity contribution in [3.8, 4) is 0 Å². The molecule has 2 nitrogen and oxygen atoms in total. The van der Waals surface area contributed by atoms with E-state index in [0.29, 0.717) is 10.9 Å². The molecule has 0 aromatic heterocycles. The standard InChI is InChI=1S/C14H16BrFO2/c1-14(2,3)18-13(17)7-5-10-8-12(16)6-4-11(10)9-15/h4-8H,9H2,1-3H3/b7-5+. The summed E-state index contributed by atoms with van der Waals surface area (Å²) in [4.78, 5) is 11.5. The lowest BCUT2D eigenvalue weighted by Crippen LogP contribution is -2.22. The second-order valence-electron chi connectivity index (χ2n) is 4.84. The van der Waals surface area contributed by atoms with Gasteiger partial charge in [0.25, 0.3) is 0 Å². The van der Waals surface area contributed by atoms with Gasteiger partial charge >= 0.3 is 5.97 Å². The Hall–Kier alpha value is -1.16. The maximum absolute atomic E-state index is 13.1. The monoisotopic (exact) mass is 314 g/mol. The van der Waals surface area contributed by atoms with Gasteiger partial charge in [0.1, 0.15) is 11.4 Å².